The Morgan fingerprint density at radius 3 is 1.75 bits per heavy atom. The van der Waals surface area contributed by atoms with E-state index in [0.717, 1.165) is 0 Å². The monoisotopic (exact) mass is 242 g/mol. The van der Waals surface area contributed by atoms with Crippen LogP contribution >= 0.6 is 22.2 Å². The van der Waals surface area contributed by atoms with Crippen molar-refractivity contribution in [3.8, 4) is 0 Å². The molecule has 0 aromatic rings. The first-order valence-electron chi connectivity index (χ1n) is 4.51. The van der Waals surface area contributed by atoms with Crippen LogP contribution in [0.2, 0.25) is 37.8 Å². The van der Waals surface area contributed by atoms with Crippen molar-refractivity contribution < 1.29 is 0 Å². The van der Waals surface area contributed by atoms with E-state index >= 15 is 0 Å². The lowest BCUT2D eigenvalue weighted by Gasteiger charge is -2.24. The predicted molar refractivity (Wildman–Crippen MR) is 65.5 cm³/mol. The maximum absolute atomic E-state index is 6.32. The molecule has 0 bridgehead atoms. The molecule has 12 heavy (non-hydrogen) atoms. The minimum absolute atomic E-state index is 0.685. The van der Waals surface area contributed by atoms with E-state index in [9.17, 15) is 0 Å². The normalized spacial score (nSPS) is 16.2. The Labute approximate surface area is 88.1 Å². The Kier molecular flexibility index (Phi) is 4.87. The highest BCUT2D eigenvalue weighted by atomic mass is 35.6. The van der Waals surface area contributed by atoms with E-state index in [-0.39, 0.29) is 0 Å². The summed E-state index contributed by atoms with van der Waals surface area (Å²) in [6.45, 7) is 11.1. The van der Waals surface area contributed by atoms with Crippen molar-refractivity contribution in [2.24, 2.45) is 0 Å². The largest absolute Gasteiger partial charge is 0.168 e. The van der Waals surface area contributed by atoms with Crippen LogP contribution in [0, 0.1) is 0 Å². The zero-order valence-corrected chi connectivity index (χ0v) is 12.3. The summed E-state index contributed by atoms with van der Waals surface area (Å²) in [6, 6.07) is 1.19. The average molecular weight is 243 g/mol. The van der Waals surface area contributed by atoms with Gasteiger partial charge in [0.05, 0.1) is 0 Å². The van der Waals surface area contributed by atoms with Gasteiger partial charge in [-0.15, -0.1) is 0 Å². The SMILES string of the molecule is CC(CC[Si](C)(C)Cl)[Si](C)(C)Cl. The second kappa shape index (κ2) is 4.49. The maximum Gasteiger partial charge on any atom is 0.153 e. The van der Waals surface area contributed by atoms with E-state index in [0.29, 0.717) is 5.54 Å². The van der Waals surface area contributed by atoms with Gasteiger partial charge in [0.25, 0.3) is 0 Å². The molecule has 0 nitrogen and oxygen atoms in total. The first-order chi connectivity index (χ1) is 5.13. The Morgan fingerprint density at radius 2 is 1.50 bits per heavy atom. The topological polar surface area (TPSA) is 0 Å². The van der Waals surface area contributed by atoms with Gasteiger partial charge in [-0.3, -0.25) is 0 Å². The summed E-state index contributed by atoms with van der Waals surface area (Å²) in [5.74, 6) is 0. The molecule has 4 heteroatoms. The third-order valence-electron chi connectivity index (χ3n) is 2.34. The standard InChI is InChI=1S/C8H20Cl2Si2/c1-8(12(4,5)10)6-7-11(2,3)9/h8H,6-7H2,1-5H3. The molecule has 74 valence electrons. The molecule has 0 saturated carbocycles. The lowest BCUT2D eigenvalue weighted by Crippen LogP contribution is -2.25. The number of rotatable bonds is 4. The minimum atomic E-state index is -1.42. The van der Waals surface area contributed by atoms with Crippen molar-refractivity contribution in [3.05, 3.63) is 0 Å². The molecule has 0 aliphatic carbocycles. The van der Waals surface area contributed by atoms with Gasteiger partial charge >= 0.3 is 0 Å². The Hall–Kier alpha value is 1.01. The van der Waals surface area contributed by atoms with E-state index in [1.54, 1.807) is 0 Å². The number of hydrogen-bond donors (Lipinski definition) is 0. The van der Waals surface area contributed by atoms with E-state index in [1.165, 1.54) is 12.5 Å². The number of hydrogen-bond acceptors (Lipinski definition) is 0. The van der Waals surface area contributed by atoms with E-state index in [4.69, 9.17) is 22.2 Å². The van der Waals surface area contributed by atoms with Gasteiger partial charge < -0.3 is 0 Å². The number of halogens is 2. The summed E-state index contributed by atoms with van der Waals surface area (Å²) in [7, 11) is -2.79. The maximum atomic E-state index is 6.32. The van der Waals surface area contributed by atoms with Gasteiger partial charge in [-0.2, -0.15) is 22.2 Å². The fourth-order valence-electron chi connectivity index (χ4n) is 0.903. The Morgan fingerprint density at radius 1 is 1.08 bits per heavy atom. The Bertz CT molecular complexity index is 135. The summed E-state index contributed by atoms with van der Waals surface area (Å²) >= 11 is 12.6. The molecule has 1 unspecified atom stereocenters. The minimum Gasteiger partial charge on any atom is -0.168 e. The van der Waals surface area contributed by atoms with Gasteiger partial charge in [-0.25, -0.2) is 0 Å². The Balaban J connectivity index is 3.80. The van der Waals surface area contributed by atoms with Crippen LogP contribution in [0.15, 0.2) is 0 Å². The van der Waals surface area contributed by atoms with Crippen LogP contribution in [-0.4, -0.2) is 14.8 Å². The molecule has 1 atom stereocenters. The fourth-order valence-corrected chi connectivity index (χ4v) is 3.80. The van der Waals surface area contributed by atoms with Gasteiger partial charge in [-0.1, -0.05) is 39.5 Å². The molecule has 0 spiro atoms. The van der Waals surface area contributed by atoms with Crippen molar-refractivity contribution in [1.82, 2.24) is 0 Å². The van der Waals surface area contributed by atoms with Gasteiger partial charge in [0.2, 0.25) is 0 Å². The summed E-state index contributed by atoms with van der Waals surface area (Å²) in [5, 5.41) is 0. The van der Waals surface area contributed by atoms with Crippen molar-refractivity contribution >= 4 is 36.9 Å². The fraction of sp³-hybridized carbons (Fsp3) is 1.00. The lowest BCUT2D eigenvalue weighted by molar-refractivity contribution is 0.843. The van der Waals surface area contributed by atoms with Gasteiger partial charge in [0.15, 0.2) is 7.38 Å². The van der Waals surface area contributed by atoms with Crippen molar-refractivity contribution in [2.45, 2.75) is 51.1 Å². The first-order valence-corrected chi connectivity index (χ1v) is 12.8. The molecule has 0 saturated heterocycles. The van der Waals surface area contributed by atoms with Crippen molar-refractivity contribution in [3.63, 3.8) is 0 Å². The molecule has 0 fully saturated rings. The highest BCUT2D eigenvalue weighted by Gasteiger charge is 2.28. The molecule has 0 aromatic carbocycles. The highest BCUT2D eigenvalue weighted by molar-refractivity contribution is 7.20. The van der Waals surface area contributed by atoms with Crippen LogP contribution < -0.4 is 0 Å². The molecule has 0 aliphatic heterocycles. The van der Waals surface area contributed by atoms with E-state index < -0.39 is 14.8 Å². The van der Waals surface area contributed by atoms with Crippen LogP contribution in [0.5, 0.6) is 0 Å². The zero-order chi connectivity index (χ0) is 9.99. The molecule has 0 aliphatic rings. The van der Waals surface area contributed by atoms with E-state index in [1.807, 2.05) is 0 Å². The zero-order valence-electron chi connectivity index (χ0n) is 8.75. The second-order valence-electron chi connectivity index (χ2n) is 4.72. The summed E-state index contributed by atoms with van der Waals surface area (Å²) < 4.78 is 0. The summed E-state index contributed by atoms with van der Waals surface area (Å²) in [5.41, 5.74) is 0.685. The molecule has 0 N–H and O–H groups in total. The van der Waals surface area contributed by atoms with Gasteiger partial charge in [-0.05, 0) is 11.6 Å². The predicted octanol–water partition coefficient (Wildman–Crippen LogP) is 4.65. The smallest absolute Gasteiger partial charge is 0.153 e. The molecule has 0 rings (SSSR count). The highest BCUT2D eigenvalue weighted by Crippen LogP contribution is 2.32. The molecular formula is C8H20Cl2Si2. The quantitative estimate of drug-likeness (QED) is 0.498. The van der Waals surface area contributed by atoms with Crippen LogP contribution in [0.25, 0.3) is 0 Å². The first kappa shape index (κ1) is 13.0. The van der Waals surface area contributed by atoms with Crippen molar-refractivity contribution in [2.75, 3.05) is 0 Å². The molecule has 0 amide bonds. The summed E-state index contributed by atoms with van der Waals surface area (Å²) in [4.78, 5) is 0. The third-order valence-corrected chi connectivity index (χ3v) is 8.14. The third kappa shape index (κ3) is 6.52. The van der Waals surface area contributed by atoms with Gasteiger partial charge in [0, 0.05) is 0 Å². The lowest BCUT2D eigenvalue weighted by atomic mass is 10.4. The van der Waals surface area contributed by atoms with Crippen molar-refractivity contribution in [1.29, 1.82) is 0 Å². The van der Waals surface area contributed by atoms with Gasteiger partial charge in [0.1, 0.15) is 7.38 Å². The van der Waals surface area contributed by atoms with E-state index in [2.05, 4.69) is 33.1 Å². The molecule has 0 heterocycles. The molecular weight excluding hydrogens is 223 g/mol. The average Bonchev–Trinajstić information content (AvgIpc) is 1.78. The van der Waals surface area contributed by atoms with Crippen LogP contribution in [0.1, 0.15) is 13.3 Å². The molecule has 0 radical (unpaired) electrons. The van der Waals surface area contributed by atoms with Crippen LogP contribution in [0.3, 0.4) is 0 Å². The summed E-state index contributed by atoms with van der Waals surface area (Å²) in [6.07, 6.45) is 1.21. The van der Waals surface area contributed by atoms with Crippen LogP contribution in [0.4, 0.5) is 0 Å². The molecule has 0 aromatic heterocycles. The van der Waals surface area contributed by atoms with Crippen LogP contribution in [-0.2, 0) is 0 Å². The second-order valence-corrected chi connectivity index (χ2v) is 18.8.